The first-order valence-corrected chi connectivity index (χ1v) is 10.5. The normalized spacial score (nSPS) is 17.5. The van der Waals surface area contributed by atoms with Gasteiger partial charge in [0, 0.05) is 26.6 Å². The Hall–Kier alpha value is -2.22. The molecule has 1 heterocycles. The minimum Gasteiger partial charge on any atom is -0.446 e. The third kappa shape index (κ3) is 5.28. The first-order valence-electron chi connectivity index (χ1n) is 10.5. The average Bonchev–Trinajstić information content (AvgIpc) is 2.66. The molecule has 2 unspecified atom stereocenters. The standard InChI is InChI=1S/C22H33F2N3O3/c1-7-17(13-25(8-2)21(23)24)18-9-10-19-20(11-18)26(22(29)30-14(3)4)12-15(5)27(19)16(6)28/h9-11,14-15,17,21H,7-8,12-13H2,1-6H3. The third-order valence-corrected chi connectivity index (χ3v) is 5.43. The Morgan fingerprint density at radius 1 is 1.23 bits per heavy atom. The van der Waals surface area contributed by atoms with Gasteiger partial charge in [-0.05, 0) is 50.8 Å². The number of fused-ring (bicyclic) bond motifs is 1. The lowest BCUT2D eigenvalue weighted by atomic mass is 9.93. The number of likely N-dealkylation sites (N-methyl/N-ethyl adjacent to an activating group) is 1. The van der Waals surface area contributed by atoms with Crippen LogP contribution >= 0.6 is 0 Å². The summed E-state index contributed by atoms with van der Waals surface area (Å²) in [6.07, 6.45) is -0.0854. The van der Waals surface area contributed by atoms with E-state index in [2.05, 4.69) is 0 Å². The number of benzene rings is 1. The molecular formula is C22H33F2N3O3. The molecule has 0 spiro atoms. The molecule has 6 nitrogen and oxygen atoms in total. The molecule has 1 aromatic carbocycles. The van der Waals surface area contributed by atoms with Gasteiger partial charge in [0.25, 0.3) is 6.55 Å². The van der Waals surface area contributed by atoms with Gasteiger partial charge in [-0.25, -0.2) is 9.69 Å². The first kappa shape index (κ1) is 24.1. The number of ether oxygens (including phenoxy) is 1. The predicted molar refractivity (Wildman–Crippen MR) is 114 cm³/mol. The van der Waals surface area contributed by atoms with E-state index in [1.165, 1.54) is 6.92 Å². The van der Waals surface area contributed by atoms with Crippen molar-refractivity contribution in [3.8, 4) is 0 Å². The number of carbonyl (C=O) groups is 2. The van der Waals surface area contributed by atoms with Crippen molar-refractivity contribution in [1.82, 2.24) is 4.90 Å². The molecule has 1 aliphatic rings. The van der Waals surface area contributed by atoms with Gasteiger partial charge in [-0.2, -0.15) is 8.78 Å². The summed E-state index contributed by atoms with van der Waals surface area (Å²) in [5.74, 6) is -0.243. The van der Waals surface area contributed by atoms with Gasteiger partial charge >= 0.3 is 6.09 Å². The van der Waals surface area contributed by atoms with Crippen molar-refractivity contribution < 1.29 is 23.1 Å². The second-order valence-corrected chi connectivity index (χ2v) is 8.00. The number of hydrogen-bond acceptors (Lipinski definition) is 4. The smallest absolute Gasteiger partial charge is 0.414 e. The van der Waals surface area contributed by atoms with Crippen molar-refractivity contribution in [1.29, 1.82) is 0 Å². The maximum absolute atomic E-state index is 13.3. The van der Waals surface area contributed by atoms with Crippen molar-refractivity contribution in [2.45, 2.75) is 72.6 Å². The minimum absolute atomic E-state index is 0.115. The highest BCUT2D eigenvalue weighted by Crippen LogP contribution is 2.39. The fourth-order valence-corrected chi connectivity index (χ4v) is 3.91. The molecule has 2 atom stereocenters. The fourth-order valence-electron chi connectivity index (χ4n) is 3.91. The van der Waals surface area contributed by atoms with Crippen LogP contribution in [0.25, 0.3) is 0 Å². The number of rotatable bonds is 7. The molecular weight excluding hydrogens is 392 g/mol. The fraction of sp³-hybridized carbons (Fsp3) is 0.636. The zero-order valence-electron chi connectivity index (χ0n) is 18.7. The summed E-state index contributed by atoms with van der Waals surface area (Å²) in [4.78, 5) is 29.3. The van der Waals surface area contributed by atoms with E-state index in [-0.39, 0.29) is 37.1 Å². The molecule has 168 valence electrons. The molecule has 0 saturated carbocycles. The van der Waals surface area contributed by atoms with Crippen LogP contribution in [0.2, 0.25) is 0 Å². The van der Waals surface area contributed by atoms with Crippen LogP contribution in [0.4, 0.5) is 25.0 Å². The van der Waals surface area contributed by atoms with Gasteiger partial charge in [0.2, 0.25) is 5.91 Å². The highest BCUT2D eigenvalue weighted by atomic mass is 19.3. The monoisotopic (exact) mass is 425 g/mol. The number of carbonyl (C=O) groups excluding carboxylic acids is 2. The number of nitrogens with zero attached hydrogens (tertiary/aromatic N) is 3. The van der Waals surface area contributed by atoms with Gasteiger partial charge in [0.1, 0.15) is 0 Å². The molecule has 0 aliphatic carbocycles. The third-order valence-electron chi connectivity index (χ3n) is 5.43. The number of alkyl halides is 2. The SMILES string of the molecule is CCC(CN(CC)C(F)F)c1ccc2c(c1)N(C(=O)OC(C)C)CC(C)N2C(C)=O. The summed E-state index contributed by atoms with van der Waals surface area (Å²) in [7, 11) is 0. The van der Waals surface area contributed by atoms with Crippen LogP contribution in [0.15, 0.2) is 18.2 Å². The largest absolute Gasteiger partial charge is 0.446 e. The Morgan fingerprint density at radius 2 is 1.90 bits per heavy atom. The van der Waals surface area contributed by atoms with E-state index in [4.69, 9.17) is 4.74 Å². The van der Waals surface area contributed by atoms with E-state index in [1.807, 2.05) is 26.0 Å². The van der Waals surface area contributed by atoms with E-state index < -0.39 is 12.6 Å². The van der Waals surface area contributed by atoms with Crippen molar-refractivity contribution >= 4 is 23.4 Å². The predicted octanol–water partition coefficient (Wildman–Crippen LogP) is 4.83. The quantitative estimate of drug-likeness (QED) is 0.587. The van der Waals surface area contributed by atoms with Gasteiger partial charge in [-0.15, -0.1) is 0 Å². The van der Waals surface area contributed by atoms with Crippen LogP contribution in [-0.2, 0) is 9.53 Å². The van der Waals surface area contributed by atoms with Gasteiger partial charge in [-0.3, -0.25) is 9.69 Å². The lowest BCUT2D eigenvalue weighted by Gasteiger charge is -2.41. The zero-order chi connectivity index (χ0) is 22.6. The Balaban J connectivity index is 2.48. The summed E-state index contributed by atoms with van der Waals surface area (Å²) >= 11 is 0. The number of amides is 2. The lowest BCUT2D eigenvalue weighted by Crippen LogP contribution is -2.51. The van der Waals surface area contributed by atoms with E-state index >= 15 is 0 Å². The summed E-state index contributed by atoms with van der Waals surface area (Å²) < 4.78 is 31.9. The zero-order valence-corrected chi connectivity index (χ0v) is 18.7. The molecule has 2 rings (SSSR count). The first-order chi connectivity index (χ1) is 14.1. The summed E-state index contributed by atoms with van der Waals surface area (Å²) in [6.45, 7) is 8.85. The molecule has 0 fully saturated rings. The molecule has 8 heteroatoms. The maximum Gasteiger partial charge on any atom is 0.414 e. The Labute approximate surface area is 177 Å². The molecule has 1 aliphatic heterocycles. The number of halogens is 2. The van der Waals surface area contributed by atoms with Gasteiger partial charge in [0.15, 0.2) is 0 Å². The molecule has 30 heavy (non-hydrogen) atoms. The van der Waals surface area contributed by atoms with Crippen LogP contribution < -0.4 is 9.80 Å². The molecule has 0 saturated heterocycles. The van der Waals surface area contributed by atoms with E-state index in [1.54, 1.807) is 36.6 Å². The molecule has 0 aromatic heterocycles. The number of anilines is 2. The van der Waals surface area contributed by atoms with Gasteiger partial charge in [-0.1, -0.05) is 19.9 Å². The lowest BCUT2D eigenvalue weighted by molar-refractivity contribution is -0.117. The van der Waals surface area contributed by atoms with Crippen LogP contribution in [0.3, 0.4) is 0 Å². The van der Waals surface area contributed by atoms with Crippen molar-refractivity contribution in [3.63, 3.8) is 0 Å². The molecule has 0 bridgehead atoms. The second-order valence-electron chi connectivity index (χ2n) is 8.00. The Morgan fingerprint density at radius 3 is 2.40 bits per heavy atom. The van der Waals surface area contributed by atoms with Crippen LogP contribution in [-0.4, -0.2) is 55.2 Å². The van der Waals surface area contributed by atoms with Gasteiger partial charge in [0.05, 0.1) is 23.5 Å². The highest BCUT2D eigenvalue weighted by Gasteiger charge is 2.35. The van der Waals surface area contributed by atoms with Crippen LogP contribution in [0.1, 0.15) is 59.4 Å². The second kappa shape index (κ2) is 10.2. The Kier molecular flexibility index (Phi) is 8.18. The molecule has 1 aromatic rings. The Bertz CT molecular complexity index is 757. The van der Waals surface area contributed by atoms with E-state index in [9.17, 15) is 18.4 Å². The summed E-state index contributed by atoms with van der Waals surface area (Å²) in [6, 6.07) is 5.30. The minimum atomic E-state index is -2.52. The van der Waals surface area contributed by atoms with E-state index in [0.29, 0.717) is 24.3 Å². The summed E-state index contributed by atoms with van der Waals surface area (Å²) in [5, 5.41) is 0. The maximum atomic E-state index is 13.3. The molecule has 0 N–H and O–H groups in total. The van der Waals surface area contributed by atoms with Crippen molar-refractivity contribution in [3.05, 3.63) is 23.8 Å². The van der Waals surface area contributed by atoms with Crippen LogP contribution in [0.5, 0.6) is 0 Å². The summed E-state index contributed by atoms with van der Waals surface area (Å²) in [5.41, 5.74) is 2.06. The van der Waals surface area contributed by atoms with Crippen LogP contribution in [0, 0.1) is 0 Å². The molecule has 0 radical (unpaired) electrons. The molecule has 2 amide bonds. The number of hydrogen-bond donors (Lipinski definition) is 0. The average molecular weight is 426 g/mol. The topological polar surface area (TPSA) is 53.1 Å². The van der Waals surface area contributed by atoms with E-state index in [0.717, 1.165) is 10.5 Å². The van der Waals surface area contributed by atoms with Crippen molar-refractivity contribution in [2.24, 2.45) is 0 Å². The van der Waals surface area contributed by atoms with Gasteiger partial charge < -0.3 is 9.64 Å². The van der Waals surface area contributed by atoms with Crippen molar-refractivity contribution in [2.75, 3.05) is 29.4 Å². The highest BCUT2D eigenvalue weighted by molar-refractivity contribution is 6.02.